The molecule has 0 bridgehead atoms. The molecular formula is C29H31N7O3. The molecule has 2 N–H and O–H groups in total. The number of carbonyl (C=O) groups excluding carboxylic acids is 1. The van der Waals surface area contributed by atoms with Gasteiger partial charge in [-0.25, -0.2) is 19.7 Å². The Bertz CT molecular complexity index is 1510. The molecule has 4 heterocycles. The van der Waals surface area contributed by atoms with Crippen molar-refractivity contribution in [3.8, 4) is 11.5 Å². The van der Waals surface area contributed by atoms with Crippen LogP contribution in [0.3, 0.4) is 0 Å². The molecule has 6 rings (SSSR count). The van der Waals surface area contributed by atoms with E-state index in [9.17, 15) is 4.79 Å². The van der Waals surface area contributed by atoms with Gasteiger partial charge in [0, 0.05) is 48.2 Å². The molecule has 2 atom stereocenters. The van der Waals surface area contributed by atoms with Crippen LogP contribution in [0.5, 0.6) is 11.5 Å². The number of hydrogen-bond donors (Lipinski definition) is 2. The summed E-state index contributed by atoms with van der Waals surface area (Å²) >= 11 is 0. The third-order valence-electron chi connectivity index (χ3n) is 7.01. The number of nitrogens with zero attached hydrogens (tertiary/aromatic N) is 5. The van der Waals surface area contributed by atoms with Crippen LogP contribution in [-0.4, -0.2) is 50.8 Å². The van der Waals surface area contributed by atoms with E-state index in [0.717, 1.165) is 46.8 Å². The second-order valence-corrected chi connectivity index (χ2v) is 11.1. The van der Waals surface area contributed by atoms with E-state index in [4.69, 9.17) is 9.47 Å². The normalized spacial score (nSPS) is 19.9. The van der Waals surface area contributed by atoms with Crippen LogP contribution >= 0.6 is 0 Å². The number of benzene rings is 1. The fraction of sp³-hybridized carbons (Fsp3) is 0.345. The topological polar surface area (TPSA) is 114 Å². The van der Waals surface area contributed by atoms with Crippen molar-refractivity contribution in [3.05, 3.63) is 66.9 Å². The summed E-state index contributed by atoms with van der Waals surface area (Å²) in [6.07, 6.45) is 6.38. The zero-order valence-corrected chi connectivity index (χ0v) is 22.4. The van der Waals surface area contributed by atoms with Gasteiger partial charge in [0.1, 0.15) is 35.1 Å². The van der Waals surface area contributed by atoms with E-state index < -0.39 is 5.60 Å². The van der Waals surface area contributed by atoms with E-state index >= 15 is 0 Å². The lowest BCUT2D eigenvalue weighted by Gasteiger charge is -2.23. The molecule has 39 heavy (non-hydrogen) atoms. The van der Waals surface area contributed by atoms with Crippen molar-refractivity contribution in [2.45, 2.75) is 39.3 Å². The van der Waals surface area contributed by atoms with Crippen LogP contribution in [0.2, 0.25) is 0 Å². The smallest absolute Gasteiger partial charge is 0.407 e. The predicted molar refractivity (Wildman–Crippen MR) is 148 cm³/mol. The van der Waals surface area contributed by atoms with Crippen LogP contribution in [0.4, 0.5) is 22.1 Å². The summed E-state index contributed by atoms with van der Waals surface area (Å²) in [7, 11) is 0. The van der Waals surface area contributed by atoms with Crippen LogP contribution in [0, 0.1) is 18.8 Å². The minimum absolute atomic E-state index is 0.158. The van der Waals surface area contributed by atoms with Crippen molar-refractivity contribution in [1.29, 1.82) is 0 Å². The van der Waals surface area contributed by atoms with E-state index in [0.29, 0.717) is 23.4 Å². The number of aromatic nitrogens is 4. The van der Waals surface area contributed by atoms with Gasteiger partial charge in [-0.05, 0) is 69.7 Å². The second kappa shape index (κ2) is 9.68. The predicted octanol–water partition coefficient (Wildman–Crippen LogP) is 5.22. The highest BCUT2D eigenvalue weighted by Crippen LogP contribution is 2.47. The number of fused-ring (bicyclic) bond motifs is 2. The summed E-state index contributed by atoms with van der Waals surface area (Å²) in [6, 6.07) is 11.8. The maximum absolute atomic E-state index is 12.2. The third-order valence-corrected chi connectivity index (χ3v) is 7.01. The highest BCUT2D eigenvalue weighted by Gasteiger charge is 2.57. The number of carbonyl (C=O) groups is 1. The molecule has 2 fully saturated rings. The minimum Gasteiger partial charge on any atom is -0.455 e. The lowest BCUT2D eigenvalue weighted by atomic mass is 10.2. The zero-order chi connectivity index (χ0) is 27.1. The molecule has 4 aromatic rings. The lowest BCUT2D eigenvalue weighted by Crippen LogP contribution is -2.38. The number of piperidine rings is 1. The highest BCUT2D eigenvalue weighted by atomic mass is 16.6. The lowest BCUT2D eigenvalue weighted by molar-refractivity contribution is 0.0518. The molecule has 1 aliphatic heterocycles. The first-order chi connectivity index (χ1) is 18.7. The molecule has 0 spiro atoms. The minimum atomic E-state index is -0.503. The summed E-state index contributed by atoms with van der Waals surface area (Å²) < 4.78 is 11.4. The average molecular weight is 526 g/mol. The average Bonchev–Trinajstić information content (AvgIpc) is 3.31. The summed E-state index contributed by atoms with van der Waals surface area (Å²) in [4.78, 5) is 32.1. The maximum atomic E-state index is 12.2. The standard InChI is InChI=1S/C29H31N7O3/c1-17-10-18(7-8-24(17)38-19-6-5-9-30-12-19)34-27-20-11-25(31-13-23(20)32-16-33-27)36-14-21-22(15-36)26(21)35-28(37)39-29(2,3)4/h5-13,16,21-22,26H,14-15H2,1-4H3,(H,35,37)(H,32,33,34). The fourth-order valence-electron chi connectivity index (χ4n) is 5.10. The van der Waals surface area contributed by atoms with Gasteiger partial charge in [-0.2, -0.15) is 0 Å². The van der Waals surface area contributed by atoms with Crippen LogP contribution in [0.25, 0.3) is 10.9 Å². The molecule has 3 aromatic heterocycles. The van der Waals surface area contributed by atoms with E-state index in [-0.39, 0.29) is 12.1 Å². The summed E-state index contributed by atoms with van der Waals surface area (Å²) in [5.74, 6) is 3.83. The molecule has 2 unspecified atom stereocenters. The number of alkyl carbamates (subject to hydrolysis) is 1. The third kappa shape index (κ3) is 5.41. The zero-order valence-electron chi connectivity index (χ0n) is 22.4. The molecule has 200 valence electrons. The van der Waals surface area contributed by atoms with E-state index in [1.165, 1.54) is 6.33 Å². The van der Waals surface area contributed by atoms with Gasteiger partial charge in [-0.15, -0.1) is 0 Å². The summed E-state index contributed by atoms with van der Waals surface area (Å²) in [5.41, 5.74) is 2.13. The Hall–Kier alpha value is -4.47. The van der Waals surface area contributed by atoms with Gasteiger partial charge in [-0.3, -0.25) is 4.98 Å². The molecule has 2 aliphatic rings. The molecule has 1 saturated carbocycles. The molecule has 1 aromatic carbocycles. The Morgan fingerprint density at radius 2 is 1.87 bits per heavy atom. The van der Waals surface area contributed by atoms with Gasteiger partial charge >= 0.3 is 6.09 Å². The number of amides is 1. The Morgan fingerprint density at radius 3 is 2.59 bits per heavy atom. The maximum Gasteiger partial charge on any atom is 0.407 e. The summed E-state index contributed by atoms with van der Waals surface area (Å²) in [5, 5.41) is 7.35. The van der Waals surface area contributed by atoms with Gasteiger partial charge in [0.05, 0.1) is 17.9 Å². The first-order valence-corrected chi connectivity index (χ1v) is 13.0. The molecule has 0 radical (unpaired) electrons. The van der Waals surface area contributed by atoms with Crippen molar-refractivity contribution in [1.82, 2.24) is 25.3 Å². The first kappa shape index (κ1) is 24.8. The van der Waals surface area contributed by atoms with E-state index in [1.54, 1.807) is 18.6 Å². The highest BCUT2D eigenvalue weighted by molar-refractivity contribution is 5.92. The van der Waals surface area contributed by atoms with Crippen molar-refractivity contribution in [2.75, 3.05) is 23.3 Å². The van der Waals surface area contributed by atoms with Gasteiger partial charge in [0.2, 0.25) is 0 Å². The van der Waals surface area contributed by atoms with Crippen molar-refractivity contribution in [2.24, 2.45) is 11.8 Å². The number of pyridine rings is 2. The summed E-state index contributed by atoms with van der Waals surface area (Å²) in [6.45, 7) is 9.27. The second-order valence-electron chi connectivity index (χ2n) is 11.1. The molecule has 1 aliphatic carbocycles. The van der Waals surface area contributed by atoms with Gasteiger partial charge in [-0.1, -0.05) is 0 Å². The van der Waals surface area contributed by atoms with Crippen molar-refractivity contribution >= 4 is 34.3 Å². The fourth-order valence-corrected chi connectivity index (χ4v) is 5.10. The molecule has 1 amide bonds. The van der Waals surface area contributed by atoms with Crippen LogP contribution in [0.1, 0.15) is 26.3 Å². The number of aryl methyl sites for hydroxylation is 1. The molecule has 1 saturated heterocycles. The van der Waals surface area contributed by atoms with Crippen molar-refractivity contribution < 1.29 is 14.3 Å². The monoisotopic (exact) mass is 525 g/mol. The Labute approximate surface area is 226 Å². The molecule has 10 nitrogen and oxygen atoms in total. The van der Waals surface area contributed by atoms with Gasteiger partial charge < -0.3 is 25.0 Å². The Balaban J connectivity index is 1.14. The largest absolute Gasteiger partial charge is 0.455 e. The van der Waals surface area contributed by atoms with Gasteiger partial charge in [0.25, 0.3) is 0 Å². The van der Waals surface area contributed by atoms with E-state index in [1.807, 2.05) is 64.1 Å². The Morgan fingerprint density at radius 1 is 1.05 bits per heavy atom. The van der Waals surface area contributed by atoms with Crippen LogP contribution < -0.4 is 20.3 Å². The number of rotatable bonds is 6. The first-order valence-electron chi connectivity index (χ1n) is 13.0. The number of hydrogen-bond acceptors (Lipinski definition) is 9. The van der Waals surface area contributed by atoms with Crippen LogP contribution in [-0.2, 0) is 4.74 Å². The Kier molecular flexibility index (Phi) is 6.17. The van der Waals surface area contributed by atoms with Crippen molar-refractivity contribution in [3.63, 3.8) is 0 Å². The van der Waals surface area contributed by atoms with Gasteiger partial charge in [0.15, 0.2) is 0 Å². The SMILES string of the molecule is Cc1cc(Nc2ncnc3cnc(N4CC5C(C4)C5NC(=O)OC(C)(C)C)cc23)ccc1Oc1cccnc1. The number of anilines is 3. The number of nitrogens with one attached hydrogen (secondary N) is 2. The van der Waals surface area contributed by atoms with Crippen LogP contribution in [0.15, 0.2) is 61.3 Å². The number of ether oxygens (including phenoxy) is 2. The van der Waals surface area contributed by atoms with E-state index in [2.05, 4.69) is 35.5 Å². The molecule has 10 heteroatoms. The molecular weight excluding hydrogens is 494 g/mol. The quantitative estimate of drug-likeness (QED) is 0.349.